The Bertz CT molecular complexity index is 327. The SMILES string of the molecule is CC(=O)C[C@H](CC(=O)O)c1ccccc1. The second-order valence-electron chi connectivity index (χ2n) is 3.61. The van der Waals surface area contributed by atoms with Crippen LogP contribution in [0.3, 0.4) is 0 Å². The second-order valence-corrected chi connectivity index (χ2v) is 3.61. The Kier molecular flexibility index (Phi) is 4.03. The number of Topliss-reactive ketones (excluding diaryl/α,β-unsaturated/α-hetero) is 1. The third-order valence-corrected chi connectivity index (χ3v) is 2.23. The monoisotopic (exact) mass is 206 g/mol. The zero-order valence-electron chi connectivity index (χ0n) is 8.64. The molecule has 0 saturated heterocycles. The highest BCUT2D eigenvalue weighted by Gasteiger charge is 2.16. The van der Waals surface area contributed by atoms with Crippen molar-refractivity contribution in [1.29, 1.82) is 0 Å². The van der Waals surface area contributed by atoms with Crippen LogP contribution in [0.4, 0.5) is 0 Å². The van der Waals surface area contributed by atoms with Gasteiger partial charge in [0.2, 0.25) is 0 Å². The fraction of sp³-hybridized carbons (Fsp3) is 0.333. The first-order valence-electron chi connectivity index (χ1n) is 4.85. The van der Waals surface area contributed by atoms with Gasteiger partial charge in [0.05, 0.1) is 6.42 Å². The molecule has 1 aromatic carbocycles. The minimum atomic E-state index is -0.870. The third-order valence-electron chi connectivity index (χ3n) is 2.23. The van der Waals surface area contributed by atoms with Crippen molar-refractivity contribution in [3.63, 3.8) is 0 Å². The summed E-state index contributed by atoms with van der Waals surface area (Å²) in [7, 11) is 0. The van der Waals surface area contributed by atoms with Crippen LogP contribution in [0.1, 0.15) is 31.2 Å². The van der Waals surface area contributed by atoms with Crippen molar-refractivity contribution in [1.82, 2.24) is 0 Å². The van der Waals surface area contributed by atoms with Gasteiger partial charge in [-0.1, -0.05) is 30.3 Å². The summed E-state index contributed by atoms with van der Waals surface area (Å²) in [6.07, 6.45) is 0.292. The van der Waals surface area contributed by atoms with Crippen LogP contribution in [0, 0.1) is 0 Å². The molecule has 0 radical (unpaired) electrons. The molecule has 3 nitrogen and oxygen atoms in total. The van der Waals surface area contributed by atoms with Gasteiger partial charge in [-0.25, -0.2) is 0 Å². The van der Waals surface area contributed by atoms with Gasteiger partial charge in [0.15, 0.2) is 0 Å². The van der Waals surface area contributed by atoms with Crippen molar-refractivity contribution in [2.45, 2.75) is 25.7 Å². The number of hydrogen-bond acceptors (Lipinski definition) is 2. The maximum atomic E-state index is 11.0. The molecule has 0 fully saturated rings. The molecule has 0 aliphatic rings. The number of carbonyl (C=O) groups is 2. The average molecular weight is 206 g/mol. The lowest BCUT2D eigenvalue weighted by molar-refractivity contribution is -0.137. The Labute approximate surface area is 88.7 Å². The molecule has 0 spiro atoms. The van der Waals surface area contributed by atoms with Crippen LogP contribution in [0.2, 0.25) is 0 Å². The van der Waals surface area contributed by atoms with Crippen LogP contribution < -0.4 is 0 Å². The second kappa shape index (κ2) is 5.29. The van der Waals surface area contributed by atoms with E-state index >= 15 is 0 Å². The highest BCUT2D eigenvalue weighted by molar-refractivity contribution is 5.78. The normalized spacial score (nSPS) is 12.1. The summed E-state index contributed by atoms with van der Waals surface area (Å²) in [4.78, 5) is 21.7. The topological polar surface area (TPSA) is 54.4 Å². The van der Waals surface area contributed by atoms with Gasteiger partial charge in [-0.05, 0) is 12.5 Å². The van der Waals surface area contributed by atoms with E-state index in [9.17, 15) is 9.59 Å². The Morgan fingerprint density at radius 1 is 1.20 bits per heavy atom. The molecule has 1 atom stereocenters. The molecular weight excluding hydrogens is 192 g/mol. The van der Waals surface area contributed by atoms with Gasteiger partial charge in [0.25, 0.3) is 0 Å². The van der Waals surface area contributed by atoms with E-state index in [0.717, 1.165) is 5.56 Å². The maximum Gasteiger partial charge on any atom is 0.303 e. The molecule has 0 bridgehead atoms. The summed E-state index contributed by atoms with van der Waals surface area (Å²) >= 11 is 0. The van der Waals surface area contributed by atoms with Crippen molar-refractivity contribution < 1.29 is 14.7 Å². The molecule has 1 aromatic rings. The van der Waals surface area contributed by atoms with E-state index < -0.39 is 5.97 Å². The van der Waals surface area contributed by atoms with Crippen LogP contribution in [0.15, 0.2) is 30.3 Å². The average Bonchev–Trinajstić information content (AvgIpc) is 2.17. The first kappa shape index (κ1) is 11.4. The van der Waals surface area contributed by atoms with Crippen molar-refractivity contribution >= 4 is 11.8 Å². The lowest BCUT2D eigenvalue weighted by atomic mass is 9.91. The molecule has 0 unspecified atom stereocenters. The predicted octanol–water partition coefficient (Wildman–Crippen LogP) is 2.22. The molecular formula is C12H14O3. The summed E-state index contributed by atoms with van der Waals surface area (Å²) in [6.45, 7) is 1.48. The highest BCUT2D eigenvalue weighted by atomic mass is 16.4. The summed E-state index contributed by atoms with van der Waals surface area (Å²) < 4.78 is 0. The largest absolute Gasteiger partial charge is 0.481 e. The van der Waals surface area contributed by atoms with E-state index in [1.54, 1.807) is 0 Å². The molecule has 0 aromatic heterocycles. The standard InChI is InChI=1S/C12H14O3/c1-9(13)7-11(8-12(14)15)10-5-3-2-4-6-10/h2-6,11H,7-8H2,1H3,(H,14,15)/t11-/m1/s1. The summed E-state index contributed by atoms with van der Waals surface area (Å²) in [5, 5.41) is 8.75. The van der Waals surface area contributed by atoms with E-state index in [2.05, 4.69) is 0 Å². The van der Waals surface area contributed by atoms with Gasteiger partial charge in [-0.3, -0.25) is 4.79 Å². The molecule has 15 heavy (non-hydrogen) atoms. The van der Waals surface area contributed by atoms with E-state index in [0.29, 0.717) is 0 Å². The molecule has 0 aliphatic heterocycles. The summed E-state index contributed by atoms with van der Waals surface area (Å²) in [5.41, 5.74) is 0.912. The quantitative estimate of drug-likeness (QED) is 0.803. The molecule has 0 saturated carbocycles. The third kappa shape index (κ3) is 3.94. The number of ketones is 1. The minimum absolute atomic E-state index is 0.00356. The van der Waals surface area contributed by atoms with Gasteiger partial charge in [-0.15, -0.1) is 0 Å². The van der Waals surface area contributed by atoms with Crippen LogP contribution in [0.5, 0.6) is 0 Å². The molecule has 0 amide bonds. The fourth-order valence-electron chi connectivity index (χ4n) is 1.59. The molecule has 3 heteroatoms. The van der Waals surface area contributed by atoms with Crippen molar-refractivity contribution in [3.05, 3.63) is 35.9 Å². The van der Waals surface area contributed by atoms with Crippen molar-refractivity contribution in [2.75, 3.05) is 0 Å². The van der Waals surface area contributed by atoms with E-state index in [1.807, 2.05) is 30.3 Å². The van der Waals surface area contributed by atoms with Gasteiger partial charge < -0.3 is 9.90 Å². The molecule has 0 heterocycles. The summed E-state index contributed by atoms with van der Waals surface area (Å²) in [6, 6.07) is 9.29. The Morgan fingerprint density at radius 3 is 2.27 bits per heavy atom. The zero-order chi connectivity index (χ0) is 11.3. The number of hydrogen-bond donors (Lipinski definition) is 1. The van der Waals surface area contributed by atoms with Crippen molar-refractivity contribution in [2.24, 2.45) is 0 Å². The van der Waals surface area contributed by atoms with E-state index in [1.165, 1.54) is 6.92 Å². The molecule has 80 valence electrons. The molecule has 1 rings (SSSR count). The number of carbonyl (C=O) groups excluding carboxylic acids is 1. The first-order valence-corrected chi connectivity index (χ1v) is 4.85. The maximum absolute atomic E-state index is 11.0. The highest BCUT2D eigenvalue weighted by Crippen LogP contribution is 2.23. The number of aliphatic carboxylic acids is 1. The van der Waals surface area contributed by atoms with Crippen molar-refractivity contribution in [3.8, 4) is 0 Å². The van der Waals surface area contributed by atoms with Crippen LogP contribution in [0.25, 0.3) is 0 Å². The number of benzene rings is 1. The smallest absolute Gasteiger partial charge is 0.303 e. The van der Waals surface area contributed by atoms with Crippen LogP contribution in [-0.2, 0) is 9.59 Å². The number of rotatable bonds is 5. The van der Waals surface area contributed by atoms with E-state index in [-0.39, 0.29) is 24.5 Å². The lowest BCUT2D eigenvalue weighted by Crippen LogP contribution is -2.09. The van der Waals surface area contributed by atoms with E-state index in [4.69, 9.17) is 5.11 Å². The van der Waals surface area contributed by atoms with Gasteiger partial charge >= 0.3 is 5.97 Å². The Hall–Kier alpha value is -1.64. The number of carboxylic acid groups (broad SMARTS) is 1. The fourth-order valence-corrected chi connectivity index (χ4v) is 1.59. The van der Waals surface area contributed by atoms with Gasteiger partial charge in [0, 0.05) is 12.3 Å². The molecule has 0 aliphatic carbocycles. The summed E-state index contributed by atoms with van der Waals surface area (Å²) in [5.74, 6) is -1.06. The van der Waals surface area contributed by atoms with Gasteiger partial charge in [0.1, 0.15) is 5.78 Å². The Morgan fingerprint density at radius 2 is 1.80 bits per heavy atom. The lowest BCUT2D eigenvalue weighted by Gasteiger charge is -2.13. The molecule has 1 N–H and O–H groups in total. The van der Waals surface area contributed by atoms with Crippen LogP contribution in [-0.4, -0.2) is 16.9 Å². The van der Waals surface area contributed by atoms with Crippen LogP contribution >= 0.6 is 0 Å². The van der Waals surface area contributed by atoms with Gasteiger partial charge in [-0.2, -0.15) is 0 Å². The number of carboxylic acids is 1. The zero-order valence-corrected chi connectivity index (χ0v) is 8.64. The Balaban J connectivity index is 2.81. The first-order chi connectivity index (χ1) is 7.09. The minimum Gasteiger partial charge on any atom is -0.481 e. The predicted molar refractivity (Wildman–Crippen MR) is 56.7 cm³/mol.